The first kappa shape index (κ1) is 15.7. The van der Waals surface area contributed by atoms with E-state index in [1.54, 1.807) is 0 Å². The van der Waals surface area contributed by atoms with E-state index in [-0.39, 0.29) is 44.9 Å². The monoisotopic (exact) mass is 254 g/mol. The number of rotatable bonds is 0. The van der Waals surface area contributed by atoms with E-state index in [0.29, 0.717) is 0 Å². The molecular weight excluding hydrogens is 251 g/mol. The van der Waals surface area contributed by atoms with Gasteiger partial charge in [-0.3, -0.25) is 0 Å². The zero-order chi connectivity index (χ0) is 3.58. The molecule has 0 heterocycles. The summed E-state index contributed by atoms with van der Waals surface area (Å²) in [6.45, 7) is 0. The van der Waals surface area contributed by atoms with Crippen LogP contribution in [-0.4, -0.2) is 4.32 Å². The van der Waals surface area contributed by atoms with Gasteiger partial charge < -0.3 is 30.6 Å². The normalized spacial score (nSPS) is 4.00. The van der Waals surface area contributed by atoms with Gasteiger partial charge in [0, 0.05) is 40.5 Å². The van der Waals surface area contributed by atoms with Crippen LogP contribution < -0.4 is 5.73 Å². The Bertz CT molecular complexity index is 36.5. The molecule has 0 atom stereocenters. The van der Waals surface area contributed by atoms with Crippen LogP contribution in [0.1, 0.15) is 0 Å². The molecule has 0 aromatic rings. The van der Waals surface area contributed by atoms with Crippen molar-refractivity contribution in [1.82, 2.24) is 0 Å². The van der Waals surface area contributed by atoms with Crippen molar-refractivity contribution in [2.75, 3.05) is 0 Å². The molecular formula is CH2MoNS2Zn-. The molecule has 0 radical (unpaired) electrons. The molecule has 0 aromatic carbocycles. The first-order valence-electron chi connectivity index (χ1n) is 0.697. The van der Waals surface area contributed by atoms with E-state index in [1.165, 1.54) is 0 Å². The van der Waals surface area contributed by atoms with Gasteiger partial charge in [-0.1, -0.05) is 4.32 Å². The Hall–Kier alpha value is 1.42. The molecule has 0 unspecified atom stereocenters. The van der Waals surface area contributed by atoms with Crippen molar-refractivity contribution >= 4 is 29.2 Å². The quantitative estimate of drug-likeness (QED) is 0.367. The molecule has 0 aliphatic rings. The van der Waals surface area contributed by atoms with Crippen LogP contribution in [0.2, 0.25) is 0 Å². The van der Waals surface area contributed by atoms with Gasteiger partial charge in [-0.05, 0) is 0 Å². The van der Waals surface area contributed by atoms with Gasteiger partial charge in [0.25, 0.3) is 0 Å². The third kappa shape index (κ3) is 52.4. The Labute approximate surface area is 74.9 Å². The summed E-state index contributed by atoms with van der Waals surface area (Å²) in [7, 11) is 0. The number of thiocarbonyl (C=S) groups is 1. The van der Waals surface area contributed by atoms with E-state index in [4.69, 9.17) is 0 Å². The van der Waals surface area contributed by atoms with Crippen LogP contribution in [0.5, 0.6) is 0 Å². The predicted octanol–water partition coefficient (Wildman–Crippen LogP) is -0.228. The second-order valence-corrected chi connectivity index (χ2v) is 1.46. The third-order valence-electron chi connectivity index (χ3n) is 0. The van der Waals surface area contributed by atoms with Crippen LogP contribution in [0.3, 0.4) is 0 Å². The average molecular weight is 253 g/mol. The molecule has 0 aliphatic carbocycles. The Kier molecular flexibility index (Phi) is 25.2. The van der Waals surface area contributed by atoms with Crippen LogP contribution in [0, 0.1) is 0 Å². The van der Waals surface area contributed by atoms with Crippen LogP contribution in [0.25, 0.3) is 0 Å². The maximum atomic E-state index is 4.66. The van der Waals surface area contributed by atoms with Gasteiger partial charge in [-0.2, -0.15) is 0 Å². The fraction of sp³-hybridized carbons (Fsp3) is 0. The van der Waals surface area contributed by atoms with Crippen molar-refractivity contribution in [3.8, 4) is 0 Å². The summed E-state index contributed by atoms with van der Waals surface area (Å²) < 4.78 is 0.0833. The summed E-state index contributed by atoms with van der Waals surface area (Å²) in [5, 5.41) is 0. The smallest absolute Gasteiger partial charge is 0 e. The largest absolute Gasteiger partial charge is 0.415 e. The number of hydrogen-bond donors (Lipinski definition) is 1. The molecule has 0 rings (SSSR count). The summed E-state index contributed by atoms with van der Waals surface area (Å²) in [5.74, 6) is 0. The van der Waals surface area contributed by atoms with Crippen molar-refractivity contribution in [2.24, 2.45) is 5.73 Å². The number of nitrogens with two attached hydrogens (primary N) is 1. The molecule has 0 spiro atoms. The van der Waals surface area contributed by atoms with Gasteiger partial charge in [0.1, 0.15) is 0 Å². The molecule has 0 aliphatic heterocycles. The Morgan fingerprint density at radius 2 is 1.67 bits per heavy atom. The van der Waals surface area contributed by atoms with Crippen molar-refractivity contribution in [3.63, 3.8) is 0 Å². The summed E-state index contributed by atoms with van der Waals surface area (Å²) in [6, 6.07) is 0. The molecule has 0 amide bonds. The zero-order valence-corrected chi connectivity index (χ0v) is 9.62. The molecule has 0 fully saturated rings. The Morgan fingerprint density at radius 1 is 1.67 bits per heavy atom. The van der Waals surface area contributed by atoms with Crippen LogP contribution in [0.15, 0.2) is 0 Å². The molecule has 1 nitrogen and oxygen atoms in total. The molecule has 0 saturated carbocycles. The van der Waals surface area contributed by atoms with Crippen LogP contribution >= 0.6 is 12.2 Å². The maximum absolute atomic E-state index is 4.66. The first-order chi connectivity index (χ1) is 1.73. The first-order valence-corrected chi connectivity index (χ1v) is 1.51. The average Bonchev–Trinajstić information content (AvgIpc) is 0.811. The Morgan fingerprint density at radius 3 is 1.67 bits per heavy atom. The summed E-state index contributed by atoms with van der Waals surface area (Å²) >= 11 is 8.26. The molecule has 6 heavy (non-hydrogen) atoms. The minimum atomic E-state index is 0. The molecule has 32 valence electrons. The molecule has 5 heteroatoms. The van der Waals surface area contributed by atoms with Crippen molar-refractivity contribution in [3.05, 3.63) is 0 Å². The van der Waals surface area contributed by atoms with E-state index < -0.39 is 0 Å². The van der Waals surface area contributed by atoms with E-state index in [1.807, 2.05) is 0 Å². The van der Waals surface area contributed by atoms with Gasteiger partial charge in [-0.25, -0.2) is 0 Å². The van der Waals surface area contributed by atoms with Gasteiger partial charge in [0.05, 0.1) is 0 Å². The van der Waals surface area contributed by atoms with Crippen LogP contribution in [0.4, 0.5) is 0 Å². The second-order valence-electron chi connectivity index (χ2n) is 0.319. The van der Waals surface area contributed by atoms with Crippen molar-refractivity contribution in [1.29, 1.82) is 0 Å². The molecule has 0 saturated heterocycles. The third-order valence-corrected chi connectivity index (χ3v) is 0. The topological polar surface area (TPSA) is 26.0 Å². The van der Waals surface area contributed by atoms with Gasteiger partial charge in [0.15, 0.2) is 0 Å². The minimum absolute atomic E-state index is 0. The zero-order valence-electron chi connectivity index (χ0n) is 3.01. The van der Waals surface area contributed by atoms with Crippen molar-refractivity contribution < 1.29 is 40.5 Å². The minimum Gasteiger partial charge on any atom is -0.415 e. The predicted molar refractivity (Wildman–Crippen MR) is 24.2 cm³/mol. The molecule has 0 bridgehead atoms. The van der Waals surface area contributed by atoms with E-state index in [2.05, 4.69) is 30.6 Å². The van der Waals surface area contributed by atoms with Gasteiger partial charge in [0.2, 0.25) is 0 Å². The maximum Gasteiger partial charge on any atom is 0 e. The van der Waals surface area contributed by atoms with Crippen LogP contribution in [-0.2, 0) is 53.2 Å². The summed E-state index contributed by atoms with van der Waals surface area (Å²) in [5.41, 5.74) is 4.66. The molecule has 0 aromatic heterocycles. The fourth-order valence-corrected chi connectivity index (χ4v) is 0. The van der Waals surface area contributed by atoms with Gasteiger partial charge in [-0.15, -0.1) is 0 Å². The van der Waals surface area contributed by atoms with E-state index in [9.17, 15) is 0 Å². The fourth-order valence-electron chi connectivity index (χ4n) is 0. The van der Waals surface area contributed by atoms with Crippen molar-refractivity contribution in [2.45, 2.75) is 0 Å². The standard InChI is InChI=1S/CH3NS2.Mo.Zn/c2-1(3)4;;/h(H3,2,3,4);;/p-1. The summed E-state index contributed by atoms with van der Waals surface area (Å²) in [6.07, 6.45) is 0. The second kappa shape index (κ2) is 9.65. The van der Waals surface area contributed by atoms with Gasteiger partial charge >= 0.3 is 0 Å². The number of hydrogen-bond acceptors (Lipinski definition) is 2. The summed E-state index contributed by atoms with van der Waals surface area (Å²) in [4.78, 5) is 0. The van der Waals surface area contributed by atoms with E-state index in [0.717, 1.165) is 0 Å². The van der Waals surface area contributed by atoms with E-state index >= 15 is 0 Å². The SMILES string of the molecule is NC(=S)[S-].[Mo].[Zn]. The Balaban J connectivity index is -0.0000000450. The molecule has 2 N–H and O–H groups in total.